The molecular weight excluding hydrogens is 242 g/mol. The van der Waals surface area contributed by atoms with Crippen molar-refractivity contribution in [1.82, 2.24) is 14.7 Å². The smallest absolute Gasteiger partial charge is 0.251 e. The van der Waals surface area contributed by atoms with E-state index in [0.717, 1.165) is 5.52 Å². The molecule has 2 N–H and O–H groups in total. The molecule has 2 rings (SSSR count). The quantitative estimate of drug-likeness (QED) is 0.856. The summed E-state index contributed by atoms with van der Waals surface area (Å²) in [5.41, 5.74) is 1.40. The average Bonchev–Trinajstić information content (AvgIpc) is 2.83. The molecule has 0 saturated carbocycles. The predicted molar refractivity (Wildman–Crippen MR) is 73.0 cm³/mol. The minimum absolute atomic E-state index is 0.102. The molecule has 19 heavy (non-hydrogen) atoms. The molecule has 0 aliphatic carbocycles. The Balaban J connectivity index is 2.03. The van der Waals surface area contributed by atoms with Crippen molar-refractivity contribution in [3.8, 4) is 0 Å². The Hall–Kier alpha value is -1.88. The van der Waals surface area contributed by atoms with E-state index in [1.165, 1.54) is 0 Å². The summed E-state index contributed by atoms with van der Waals surface area (Å²) in [5, 5.41) is 11.9. The number of aromatic nitrogens is 2. The normalized spacial score (nSPS) is 11.7. The van der Waals surface area contributed by atoms with Crippen LogP contribution in [0.1, 0.15) is 30.6 Å². The maximum absolute atomic E-state index is 12.1. The number of nitrogens with one attached hydrogen (secondary N) is 1. The largest absolute Gasteiger partial charge is 0.396 e. The molecule has 0 bridgehead atoms. The second-order valence-electron chi connectivity index (χ2n) is 5.46. The zero-order valence-electron chi connectivity index (χ0n) is 11.3. The monoisotopic (exact) mass is 261 g/mol. The maximum atomic E-state index is 12.1. The number of hydrogen-bond acceptors (Lipinski definition) is 3. The van der Waals surface area contributed by atoms with Crippen molar-refractivity contribution < 1.29 is 9.90 Å². The van der Waals surface area contributed by atoms with Crippen LogP contribution >= 0.6 is 0 Å². The highest BCUT2D eigenvalue weighted by Gasteiger charge is 2.18. The molecule has 0 saturated heterocycles. The Bertz CT molecular complexity index is 575. The van der Waals surface area contributed by atoms with Gasteiger partial charge in [0.05, 0.1) is 18.0 Å². The number of nitrogens with zero attached hydrogens (tertiary/aromatic N) is 2. The van der Waals surface area contributed by atoms with Gasteiger partial charge in [-0.25, -0.2) is 4.98 Å². The van der Waals surface area contributed by atoms with Crippen LogP contribution in [0, 0.1) is 5.41 Å². The van der Waals surface area contributed by atoms with Gasteiger partial charge in [0.15, 0.2) is 0 Å². The molecule has 5 nitrogen and oxygen atoms in total. The Morgan fingerprint density at radius 2 is 2.32 bits per heavy atom. The van der Waals surface area contributed by atoms with Gasteiger partial charge in [0.1, 0.15) is 0 Å². The summed E-state index contributed by atoms with van der Waals surface area (Å²) < 4.78 is 1.85. The van der Waals surface area contributed by atoms with Gasteiger partial charge in [0.25, 0.3) is 5.91 Å². The fourth-order valence-corrected chi connectivity index (χ4v) is 1.87. The molecule has 0 fully saturated rings. The third-order valence-electron chi connectivity index (χ3n) is 3.19. The van der Waals surface area contributed by atoms with Crippen molar-refractivity contribution in [2.24, 2.45) is 5.41 Å². The molecule has 0 atom stereocenters. The first-order valence-electron chi connectivity index (χ1n) is 6.33. The van der Waals surface area contributed by atoms with E-state index in [1.54, 1.807) is 24.7 Å². The van der Waals surface area contributed by atoms with Gasteiger partial charge in [-0.1, -0.05) is 13.8 Å². The fourth-order valence-electron chi connectivity index (χ4n) is 1.87. The van der Waals surface area contributed by atoms with Crippen LogP contribution in [0.4, 0.5) is 0 Å². The van der Waals surface area contributed by atoms with Crippen LogP contribution in [-0.2, 0) is 0 Å². The van der Waals surface area contributed by atoms with Gasteiger partial charge in [-0.05, 0) is 24.0 Å². The standard InChI is InChI=1S/C14H19N3O2/c1-14(2,4-6-18)9-16-13(19)11-3-5-17-10-15-8-12(17)7-11/h3,5,7-8,10,18H,4,6,9H2,1-2H3,(H,16,19). The van der Waals surface area contributed by atoms with Crippen LogP contribution in [0.5, 0.6) is 0 Å². The number of rotatable bonds is 5. The van der Waals surface area contributed by atoms with Gasteiger partial charge >= 0.3 is 0 Å². The molecule has 0 aromatic carbocycles. The van der Waals surface area contributed by atoms with E-state index in [1.807, 2.05) is 24.4 Å². The minimum atomic E-state index is -0.106. The molecule has 2 aromatic heterocycles. The zero-order chi connectivity index (χ0) is 13.9. The van der Waals surface area contributed by atoms with E-state index in [2.05, 4.69) is 10.3 Å². The predicted octanol–water partition coefficient (Wildman–Crippen LogP) is 1.47. The van der Waals surface area contributed by atoms with E-state index in [9.17, 15) is 4.79 Å². The highest BCUT2D eigenvalue weighted by Crippen LogP contribution is 2.18. The summed E-state index contributed by atoms with van der Waals surface area (Å²) in [4.78, 5) is 16.1. The van der Waals surface area contributed by atoms with E-state index in [-0.39, 0.29) is 17.9 Å². The van der Waals surface area contributed by atoms with Gasteiger partial charge in [-0.15, -0.1) is 0 Å². The van der Waals surface area contributed by atoms with Crippen molar-refractivity contribution in [3.63, 3.8) is 0 Å². The molecular formula is C14H19N3O2. The molecule has 2 aromatic rings. The average molecular weight is 261 g/mol. The molecule has 102 valence electrons. The van der Waals surface area contributed by atoms with Crippen molar-refractivity contribution in [1.29, 1.82) is 0 Å². The van der Waals surface area contributed by atoms with E-state index in [4.69, 9.17) is 5.11 Å². The number of amides is 1. The van der Waals surface area contributed by atoms with Crippen LogP contribution < -0.4 is 5.32 Å². The molecule has 0 aliphatic rings. The molecule has 1 amide bonds. The lowest BCUT2D eigenvalue weighted by Crippen LogP contribution is -2.34. The fraction of sp³-hybridized carbons (Fsp3) is 0.429. The van der Waals surface area contributed by atoms with Crippen molar-refractivity contribution in [3.05, 3.63) is 36.4 Å². The Morgan fingerprint density at radius 1 is 1.53 bits per heavy atom. The number of pyridine rings is 1. The van der Waals surface area contributed by atoms with Crippen molar-refractivity contribution >= 4 is 11.4 Å². The highest BCUT2D eigenvalue weighted by atomic mass is 16.3. The van der Waals surface area contributed by atoms with Gasteiger partial charge in [0, 0.05) is 24.9 Å². The molecule has 0 spiro atoms. The molecule has 0 aliphatic heterocycles. The summed E-state index contributed by atoms with van der Waals surface area (Å²) in [6.07, 6.45) is 5.89. The van der Waals surface area contributed by atoms with E-state index in [0.29, 0.717) is 18.5 Å². The summed E-state index contributed by atoms with van der Waals surface area (Å²) >= 11 is 0. The summed E-state index contributed by atoms with van der Waals surface area (Å²) in [6, 6.07) is 3.57. The number of imidazole rings is 1. The molecule has 0 unspecified atom stereocenters. The number of carbonyl (C=O) groups excluding carboxylic acids is 1. The molecule has 5 heteroatoms. The van der Waals surface area contributed by atoms with Gasteiger partial charge in [-0.3, -0.25) is 4.79 Å². The van der Waals surface area contributed by atoms with E-state index < -0.39 is 0 Å². The van der Waals surface area contributed by atoms with Crippen molar-refractivity contribution in [2.45, 2.75) is 20.3 Å². The van der Waals surface area contributed by atoms with Gasteiger partial charge in [-0.2, -0.15) is 0 Å². The Morgan fingerprint density at radius 3 is 3.05 bits per heavy atom. The first-order valence-corrected chi connectivity index (χ1v) is 6.33. The van der Waals surface area contributed by atoms with Crippen LogP contribution in [0.15, 0.2) is 30.9 Å². The Kier molecular flexibility index (Phi) is 3.85. The lowest BCUT2D eigenvalue weighted by Gasteiger charge is -2.23. The van der Waals surface area contributed by atoms with Crippen LogP contribution in [0.3, 0.4) is 0 Å². The SMILES string of the molecule is CC(C)(CCO)CNC(=O)c1ccn2cncc2c1. The highest BCUT2D eigenvalue weighted by molar-refractivity contribution is 5.95. The van der Waals surface area contributed by atoms with Crippen LogP contribution in [0.2, 0.25) is 0 Å². The zero-order valence-corrected chi connectivity index (χ0v) is 11.3. The number of carbonyl (C=O) groups is 1. The van der Waals surface area contributed by atoms with E-state index >= 15 is 0 Å². The lowest BCUT2D eigenvalue weighted by molar-refractivity contribution is 0.0928. The third-order valence-corrected chi connectivity index (χ3v) is 3.19. The number of fused-ring (bicyclic) bond motifs is 1. The maximum Gasteiger partial charge on any atom is 0.251 e. The van der Waals surface area contributed by atoms with Crippen LogP contribution in [0.25, 0.3) is 5.52 Å². The van der Waals surface area contributed by atoms with Gasteiger partial charge < -0.3 is 14.8 Å². The first-order chi connectivity index (χ1) is 9.02. The number of aliphatic hydroxyl groups excluding tert-OH is 1. The van der Waals surface area contributed by atoms with Crippen LogP contribution in [-0.4, -0.2) is 33.6 Å². The summed E-state index contributed by atoms with van der Waals surface area (Å²) in [5.74, 6) is -0.102. The molecule has 0 radical (unpaired) electrons. The van der Waals surface area contributed by atoms with Gasteiger partial charge in [0.2, 0.25) is 0 Å². The second-order valence-corrected chi connectivity index (χ2v) is 5.46. The van der Waals surface area contributed by atoms with Crippen molar-refractivity contribution in [2.75, 3.05) is 13.2 Å². The lowest BCUT2D eigenvalue weighted by atomic mass is 9.89. The second kappa shape index (κ2) is 5.40. The third kappa shape index (κ3) is 3.32. The molecule has 2 heterocycles. The number of hydrogen-bond donors (Lipinski definition) is 2. The topological polar surface area (TPSA) is 66.6 Å². The Labute approximate surface area is 112 Å². The summed E-state index contributed by atoms with van der Waals surface area (Å²) in [6.45, 7) is 4.70. The first kappa shape index (κ1) is 13.5. The number of aliphatic hydroxyl groups is 1. The minimum Gasteiger partial charge on any atom is -0.396 e. The summed E-state index contributed by atoms with van der Waals surface area (Å²) in [7, 11) is 0.